The molecule has 0 amide bonds. The quantitative estimate of drug-likeness (QED) is 0.856. The van der Waals surface area contributed by atoms with Crippen molar-refractivity contribution in [3.63, 3.8) is 0 Å². The second-order valence-corrected chi connectivity index (χ2v) is 5.90. The molecule has 0 aliphatic carbocycles. The molecule has 2 nitrogen and oxygen atoms in total. The molecule has 2 rings (SSSR count). The van der Waals surface area contributed by atoms with Crippen molar-refractivity contribution in [3.05, 3.63) is 57.6 Å². The van der Waals surface area contributed by atoms with Crippen molar-refractivity contribution in [1.29, 1.82) is 0 Å². The Kier molecular flexibility index (Phi) is 4.15. The van der Waals surface area contributed by atoms with Gasteiger partial charge < -0.3 is 10.6 Å². The van der Waals surface area contributed by atoms with Gasteiger partial charge in [0, 0.05) is 18.1 Å². The summed E-state index contributed by atoms with van der Waals surface area (Å²) in [6.07, 6.45) is 0. The molecule has 0 aliphatic heterocycles. The van der Waals surface area contributed by atoms with E-state index in [1.54, 1.807) is 0 Å². The molecular weight excluding hydrogens is 300 g/mol. The first-order valence-electron chi connectivity index (χ1n) is 6.29. The zero-order chi connectivity index (χ0) is 14.0. The average molecular weight is 319 g/mol. The highest BCUT2D eigenvalue weighted by atomic mass is 79.9. The van der Waals surface area contributed by atoms with Crippen LogP contribution in [-0.4, -0.2) is 7.05 Å². The van der Waals surface area contributed by atoms with Crippen LogP contribution in [0.3, 0.4) is 0 Å². The summed E-state index contributed by atoms with van der Waals surface area (Å²) >= 11 is 3.50. The van der Waals surface area contributed by atoms with E-state index in [2.05, 4.69) is 66.0 Å². The van der Waals surface area contributed by atoms with Crippen molar-refractivity contribution >= 4 is 27.3 Å². The van der Waals surface area contributed by atoms with Crippen molar-refractivity contribution < 1.29 is 0 Å². The van der Waals surface area contributed by atoms with Gasteiger partial charge in [-0.1, -0.05) is 28.1 Å². The van der Waals surface area contributed by atoms with Crippen LogP contribution in [0.5, 0.6) is 0 Å². The molecule has 0 fully saturated rings. The van der Waals surface area contributed by atoms with Gasteiger partial charge in [0.05, 0.1) is 11.4 Å². The van der Waals surface area contributed by atoms with Crippen LogP contribution >= 0.6 is 15.9 Å². The number of rotatable bonds is 3. The van der Waals surface area contributed by atoms with E-state index in [4.69, 9.17) is 5.73 Å². The fraction of sp³-hybridized carbons (Fsp3) is 0.250. The molecule has 0 unspecified atom stereocenters. The van der Waals surface area contributed by atoms with Crippen LogP contribution < -0.4 is 10.6 Å². The first-order valence-corrected chi connectivity index (χ1v) is 7.09. The molecule has 0 radical (unpaired) electrons. The minimum absolute atomic E-state index is 0.834. The lowest BCUT2D eigenvalue weighted by atomic mass is 10.1. The Bertz CT molecular complexity index is 593. The number of hydrogen-bond donors (Lipinski definition) is 1. The Morgan fingerprint density at radius 1 is 1.11 bits per heavy atom. The number of nitrogen functional groups attached to an aromatic ring is 1. The third kappa shape index (κ3) is 3.29. The van der Waals surface area contributed by atoms with Gasteiger partial charge in [0.15, 0.2) is 0 Å². The maximum absolute atomic E-state index is 6.12. The average Bonchev–Trinajstić information content (AvgIpc) is 2.33. The number of nitrogens with zero attached hydrogens (tertiary/aromatic N) is 1. The molecule has 0 saturated carbocycles. The summed E-state index contributed by atoms with van der Waals surface area (Å²) in [6.45, 7) is 5.04. The Morgan fingerprint density at radius 3 is 2.47 bits per heavy atom. The fourth-order valence-corrected chi connectivity index (χ4v) is 2.59. The minimum Gasteiger partial charge on any atom is -0.397 e. The van der Waals surface area contributed by atoms with Crippen LogP contribution in [0, 0.1) is 13.8 Å². The van der Waals surface area contributed by atoms with E-state index in [1.165, 1.54) is 16.7 Å². The molecule has 19 heavy (non-hydrogen) atoms. The van der Waals surface area contributed by atoms with Gasteiger partial charge in [0.2, 0.25) is 0 Å². The lowest BCUT2D eigenvalue weighted by molar-refractivity contribution is 0.922. The number of benzene rings is 2. The maximum Gasteiger partial charge on any atom is 0.0603 e. The molecular formula is C16H19BrN2. The van der Waals surface area contributed by atoms with Crippen LogP contribution in [-0.2, 0) is 6.54 Å². The van der Waals surface area contributed by atoms with Crippen molar-refractivity contribution in [1.82, 2.24) is 0 Å². The molecule has 0 aromatic heterocycles. The summed E-state index contributed by atoms with van der Waals surface area (Å²) in [7, 11) is 2.07. The van der Waals surface area contributed by atoms with Crippen LogP contribution in [0.4, 0.5) is 11.4 Å². The van der Waals surface area contributed by atoms with E-state index < -0.39 is 0 Å². The summed E-state index contributed by atoms with van der Waals surface area (Å²) in [5.41, 5.74) is 11.8. The molecule has 2 aromatic carbocycles. The second-order valence-electron chi connectivity index (χ2n) is 4.98. The van der Waals surface area contributed by atoms with E-state index in [-0.39, 0.29) is 0 Å². The molecule has 0 atom stereocenters. The first-order chi connectivity index (χ1) is 8.97. The SMILES string of the molecule is Cc1cc(N)c(N(C)Cc2cccc(Br)c2)cc1C. The topological polar surface area (TPSA) is 29.3 Å². The van der Waals surface area contributed by atoms with Crippen molar-refractivity contribution in [2.24, 2.45) is 0 Å². The van der Waals surface area contributed by atoms with Gasteiger partial charge in [-0.2, -0.15) is 0 Å². The third-order valence-corrected chi connectivity index (χ3v) is 3.86. The van der Waals surface area contributed by atoms with Gasteiger partial charge in [-0.15, -0.1) is 0 Å². The summed E-state index contributed by atoms with van der Waals surface area (Å²) < 4.78 is 1.10. The molecule has 100 valence electrons. The lowest BCUT2D eigenvalue weighted by Crippen LogP contribution is -2.18. The van der Waals surface area contributed by atoms with E-state index in [9.17, 15) is 0 Å². The minimum atomic E-state index is 0.834. The number of hydrogen-bond acceptors (Lipinski definition) is 2. The van der Waals surface area contributed by atoms with E-state index in [0.717, 1.165) is 22.4 Å². The summed E-state index contributed by atoms with van der Waals surface area (Å²) in [6, 6.07) is 12.5. The van der Waals surface area contributed by atoms with Crippen molar-refractivity contribution in [2.45, 2.75) is 20.4 Å². The predicted octanol–water partition coefficient (Wildman–Crippen LogP) is 4.28. The van der Waals surface area contributed by atoms with Gasteiger partial charge in [-0.25, -0.2) is 0 Å². The summed E-state index contributed by atoms with van der Waals surface area (Å²) in [5.74, 6) is 0. The van der Waals surface area contributed by atoms with Gasteiger partial charge >= 0.3 is 0 Å². The highest BCUT2D eigenvalue weighted by Crippen LogP contribution is 2.27. The van der Waals surface area contributed by atoms with Gasteiger partial charge in [-0.05, 0) is 54.8 Å². The van der Waals surface area contributed by atoms with Crippen LogP contribution in [0.25, 0.3) is 0 Å². The number of anilines is 2. The molecule has 0 spiro atoms. The smallest absolute Gasteiger partial charge is 0.0603 e. The Hall–Kier alpha value is -1.48. The second kappa shape index (κ2) is 5.66. The van der Waals surface area contributed by atoms with Crippen molar-refractivity contribution in [3.8, 4) is 0 Å². The summed E-state index contributed by atoms with van der Waals surface area (Å²) in [4.78, 5) is 2.18. The number of nitrogens with two attached hydrogens (primary N) is 1. The molecule has 0 bridgehead atoms. The standard InChI is InChI=1S/C16H19BrN2/c1-11-7-15(18)16(8-12(11)2)19(3)10-13-5-4-6-14(17)9-13/h4-9H,10,18H2,1-3H3. The monoisotopic (exact) mass is 318 g/mol. The normalized spacial score (nSPS) is 10.5. The molecule has 3 heteroatoms. The lowest BCUT2D eigenvalue weighted by Gasteiger charge is -2.22. The van der Waals surface area contributed by atoms with Gasteiger partial charge in [0.25, 0.3) is 0 Å². The third-order valence-electron chi connectivity index (χ3n) is 3.36. The molecule has 2 aromatic rings. The molecule has 0 aliphatic rings. The molecule has 2 N–H and O–H groups in total. The molecule has 0 saturated heterocycles. The zero-order valence-electron chi connectivity index (χ0n) is 11.6. The Balaban J connectivity index is 2.25. The predicted molar refractivity (Wildman–Crippen MR) is 86.6 cm³/mol. The maximum atomic E-state index is 6.12. The first kappa shape index (κ1) is 13.9. The largest absolute Gasteiger partial charge is 0.397 e. The van der Waals surface area contributed by atoms with Gasteiger partial charge in [-0.3, -0.25) is 0 Å². The zero-order valence-corrected chi connectivity index (χ0v) is 13.2. The Morgan fingerprint density at radius 2 is 1.79 bits per heavy atom. The fourth-order valence-electron chi connectivity index (χ4n) is 2.15. The number of aryl methyl sites for hydroxylation is 2. The van der Waals surface area contributed by atoms with Crippen molar-refractivity contribution in [2.75, 3.05) is 17.7 Å². The van der Waals surface area contributed by atoms with E-state index in [0.29, 0.717) is 0 Å². The van der Waals surface area contributed by atoms with Crippen LogP contribution in [0.2, 0.25) is 0 Å². The molecule has 0 heterocycles. The van der Waals surface area contributed by atoms with E-state index >= 15 is 0 Å². The van der Waals surface area contributed by atoms with Crippen LogP contribution in [0.15, 0.2) is 40.9 Å². The summed E-state index contributed by atoms with van der Waals surface area (Å²) in [5, 5.41) is 0. The van der Waals surface area contributed by atoms with Gasteiger partial charge in [0.1, 0.15) is 0 Å². The highest BCUT2D eigenvalue weighted by Gasteiger charge is 2.08. The highest BCUT2D eigenvalue weighted by molar-refractivity contribution is 9.10. The van der Waals surface area contributed by atoms with Crippen LogP contribution in [0.1, 0.15) is 16.7 Å². The Labute approximate surface area is 123 Å². The van der Waals surface area contributed by atoms with E-state index in [1.807, 2.05) is 12.1 Å². The number of halogens is 1.